The predicted octanol–water partition coefficient (Wildman–Crippen LogP) is 5.18. The summed E-state index contributed by atoms with van der Waals surface area (Å²) >= 11 is 0. The van der Waals surface area contributed by atoms with Crippen LogP contribution in [-0.2, 0) is 19.0 Å². The van der Waals surface area contributed by atoms with Gasteiger partial charge in [0.15, 0.2) is 0 Å². The Morgan fingerprint density at radius 1 is 0.892 bits per heavy atom. The van der Waals surface area contributed by atoms with Crippen molar-refractivity contribution in [2.24, 2.45) is 0 Å². The number of carbonyl (C=O) groups is 2. The second-order valence-corrected chi connectivity index (χ2v) is 7.89. The highest BCUT2D eigenvalue weighted by molar-refractivity contribution is 5.90. The minimum Gasteiger partial charge on any atom is -0.493 e. The van der Waals surface area contributed by atoms with Gasteiger partial charge in [-0.15, -0.1) is 0 Å². The van der Waals surface area contributed by atoms with Crippen molar-refractivity contribution >= 4 is 11.9 Å². The highest BCUT2D eigenvalue weighted by Crippen LogP contribution is 2.27. The lowest BCUT2D eigenvalue weighted by molar-refractivity contribution is -0.137. The first-order valence-electron chi connectivity index (χ1n) is 11.8. The van der Waals surface area contributed by atoms with Crippen molar-refractivity contribution in [1.82, 2.24) is 0 Å². The Kier molecular flexibility index (Phi) is 10.6. The Balaban J connectivity index is 1.44. The molecule has 0 spiro atoms. The first-order chi connectivity index (χ1) is 18.0. The first kappa shape index (κ1) is 27.3. The molecule has 194 valence electrons. The van der Waals surface area contributed by atoms with Gasteiger partial charge in [-0.2, -0.15) is 0 Å². The normalized spacial score (nSPS) is 13.3. The van der Waals surface area contributed by atoms with Crippen LogP contribution in [0.2, 0.25) is 0 Å². The van der Waals surface area contributed by atoms with E-state index in [-0.39, 0.29) is 6.61 Å². The van der Waals surface area contributed by atoms with E-state index in [1.165, 1.54) is 0 Å². The molecule has 0 saturated heterocycles. The second-order valence-electron chi connectivity index (χ2n) is 7.89. The molecule has 8 heteroatoms. The zero-order valence-electron chi connectivity index (χ0n) is 20.5. The SMILES string of the molecule is C=CCOc1ccc(C(=O)OC2=CC=C(OC(O)c3ccc(OCCCOC(=O)C=C)cc3)CC2)cc1. The molecule has 8 nitrogen and oxygen atoms in total. The molecule has 2 aromatic carbocycles. The number of esters is 2. The van der Waals surface area contributed by atoms with Gasteiger partial charge in [0.25, 0.3) is 0 Å². The fourth-order valence-electron chi connectivity index (χ4n) is 3.22. The maximum atomic E-state index is 12.4. The van der Waals surface area contributed by atoms with Crippen molar-refractivity contribution in [3.63, 3.8) is 0 Å². The molecule has 1 aliphatic carbocycles. The smallest absolute Gasteiger partial charge is 0.343 e. The lowest BCUT2D eigenvalue weighted by Crippen LogP contribution is -2.09. The molecule has 0 bridgehead atoms. The van der Waals surface area contributed by atoms with E-state index in [9.17, 15) is 14.7 Å². The molecule has 0 radical (unpaired) electrons. The fraction of sp³-hybridized carbons (Fsp3) is 0.241. The number of aliphatic hydroxyl groups is 1. The van der Waals surface area contributed by atoms with Gasteiger partial charge in [0.1, 0.15) is 29.6 Å². The van der Waals surface area contributed by atoms with Crippen LogP contribution in [0.15, 0.2) is 97.5 Å². The molecule has 0 amide bonds. The van der Waals surface area contributed by atoms with Crippen LogP contribution < -0.4 is 9.47 Å². The average Bonchev–Trinajstić information content (AvgIpc) is 2.93. The molecule has 0 fully saturated rings. The van der Waals surface area contributed by atoms with Gasteiger partial charge in [-0.05, 0) is 60.7 Å². The maximum absolute atomic E-state index is 12.4. The van der Waals surface area contributed by atoms with Gasteiger partial charge in [0, 0.05) is 30.9 Å². The van der Waals surface area contributed by atoms with Crippen molar-refractivity contribution in [2.45, 2.75) is 25.6 Å². The molecule has 2 aromatic rings. The molecule has 1 unspecified atom stereocenters. The summed E-state index contributed by atoms with van der Waals surface area (Å²) in [6.45, 7) is 7.95. The number of allylic oxidation sites excluding steroid dienone is 4. The quantitative estimate of drug-likeness (QED) is 0.123. The minimum absolute atomic E-state index is 0.249. The maximum Gasteiger partial charge on any atom is 0.343 e. The molecule has 1 aliphatic rings. The molecule has 37 heavy (non-hydrogen) atoms. The van der Waals surface area contributed by atoms with Gasteiger partial charge in [-0.25, -0.2) is 9.59 Å². The summed E-state index contributed by atoms with van der Waals surface area (Å²) in [6.07, 6.45) is 6.42. The van der Waals surface area contributed by atoms with Crippen LogP contribution in [0.5, 0.6) is 11.5 Å². The van der Waals surface area contributed by atoms with E-state index in [1.54, 1.807) is 66.8 Å². The highest BCUT2D eigenvalue weighted by Gasteiger charge is 2.17. The summed E-state index contributed by atoms with van der Waals surface area (Å²) in [7, 11) is 0. The van der Waals surface area contributed by atoms with Crippen LogP contribution in [0.4, 0.5) is 0 Å². The third-order valence-electron chi connectivity index (χ3n) is 5.15. The third-order valence-corrected chi connectivity index (χ3v) is 5.15. The Labute approximate surface area is 216 Å². The number of aliphatic hydroxyl groups excluding tert-OH is 1. The third kappa shape index (κ3) is 9.01. The largest absolute Gasteiger partial charge is 0.493 e. The van der Waals surface area contributed by atoms with Gasteiger partial charge in [0.2, 0.25) is 6.29 Å². The van der Waals surface area contributed by atoms with E-state index in [0.29, 0.717) is 66.6 Å². The molecule has 0 aliphatic heterocycles. The van der Waals surface area contributed by atoms with Crippen LogP contribution in [0.3, 0.4) is 0 Å². The summed E-state index contributed by atoms with van der Waals surface area (Å²) in [6, 6.07) is 13.5. The Morgan fingerprint density at radius 2 is 1.54 bits per heavy atom. The van der Waals surface area contributed by atoms with E-state index in [4.69, 9.17) is 23.7 Å². The zero-order valence-corrected chi connectivity index (χ0v) is 20.5. The van der Waals surface area contributed by atoms with Gasteiger partial charge in [0.05, 0.1) is 18.8 Å². The Morgan fingerprint density at radius 3 is 2.19 bits per heavy atom. The summed E-state index contributed by atoms with van der Waals surface area (Å²) in [5.41, 5.74) is 0.978. The minimum atomic E-state index is -1.15. The van der Waals surface area contributed by atoms with E-state index < -0.39 is 18.2 Å². The van der Waals surface area contributed by atoms with Crippen LogP contribution >= 0.6 is 0 Å². The molecule has 0 aromatic heterocycles. The molecular formula is C29H30O8. The van der Waals surface area contributed by atoms with Crippen molar-refractivity contribution < 1.29 is 38.4 Å². The van der Waals surface area contributed by atoms with E-state index in [1.807, 2.05) is 0 Å². The molecule has 1 N–H and O–H groups in total. The zero-order chi connectivity index (χ0) is 26.5. The summed E-state index contributed by atoms with van der Waals surface area (Å²) in [5.74, 6) is 1.43. The standard InChI is InChI=1S/C29H30O8/c1-3-18-33-23-10-6-21(7-11-23)28(31)36-25-14-16-26(17-15-25)37-29(32)22-8-12-24(13-9-22)34-19-5-20-35-27(30)4-2/h3-4,6-14,16,29,32H,1-2,5,15,17-20H2. The van der Waals surface area contributed by atoms with Gasteiger partial charge in [-0.3, -0.25) is 0 Å². The second kappa shape index (κ2) is 14.3. The molecule has 3 rings (SSSR count). The summed E-state index contributed by atoms with van der Waals surface area (Å²) in [5, 5.41) is 10.4. The number of carbonyl (C=O) groups excluding carboxylic acids is 2. The number of hydrogen-bond acceptors (Lipinski definition) is 8. The van der Waals surface area contributed by atoms with Crippen LogP contribution in [0.25, 0.3) is 0 Å². The van der Waals surface area contributed by atoms with E-state index in [0.717, 1.165) is 6.08 Å². The number of ether oxygens (including phenoxy) is 5. The Bertz CT molecular complexity index is 1130. The van der Waals surface area contributed by atoms with Crippen molar-refractivity contribution in [3.05, 3.63) is 109 Å². The van der Waals surface area contributed by atoms with Crippen molar-refractivity contribution in [3.8, 4) is 11.5 Å². The molecule has 0 heterocycles. The molecular weight excluding hydrogens is 476 g/mol. The lowest BCUT2D eigenvalue weighted by atomic mass is 10.1. The van der Waals surface area contributed by atoms with Crippen molar-refractivity contribution in [2.75, 3.05) is 19.8 Å². The van der Waals surface area contributed by atoms with Crippen LogP contribution in [-0.4, -0.2) is 36.9 Å². The topological polar surface area (TPSA) is 101 Å². The molecule has 0 saturated carbocycles. The van der Waals surface area contributed by atoms with E-state index in [2.05, 4.69) is 13.2 Å². The average molecular weight is 507 g/mol. The number of benzene rings is 2. The Hall–Kier alpha value is -4.30. The fourth-order valence-corrected chi connectivity index (χ4v) is 3.22. The van der Waals surface area contributed by atoms with Gasteiger partial charge in [-0.1, -0.05) is 19.2 Å². The first-order valence-corrected chi connectivity index (χ1v) is 11.8. The number of hydrogen-bond donors (Lipinski definition) is 1. The van der Waals surface area contributed by atoms with Crippen LogP contribution in [0.1, 0.15) is 41.5 Å². The van der Waals surface area contributed by atoms with Gasteiger partial charge < -0.3 is 28.8 Å². The highest BCUT2D eigenvalue weighted by atomic mass is 16.6. The van der Waals surface area contributed by atoms with Crippen molar-refractivity contribution in [1.29, 1.82) is 0 Å². The summed E-state index contributed by atoms with van der Waals surface area (Å²) in [4.78, 5) is 23.4. The lowest BCUT2D eigenvalue weighted by Gasteiger charge is -2.19. The van der Waals surface area contributed by atoms with E-state index >= 15 is 0 Å². The monoisotopic (exact) mass is 506 g/mol. The van der Waals surface area contributed by atoms with Gasteiger partial charge >= 0.3 is 11.9 Å². The molecule has 1 atom stereocenters. The van der Waals surface area contributed by atoms with Crippen LogP contribution in [0, 0.1) is 0 Å². The predicted molar refractivity (Wildman–Crippen MR) is 137 cm³/mol. The number of rotatable bonds is 14. The summed E-state index contributed by atoms with van der Waals surface area (Å²) < 4.78 is 27.0.